The molecule has 1 aromatic rings. The molecule has 0 saturated carbocycles. The summed E-state index contributed by atoms with van der Waals surface area (Å²) in [6.07, 6.45) is 0. The molecule has 1 saturated heterocycles. The van der Waals surface area contributed by atoms with Crippen molar-refractivity contribution in [2.45, 2.75) is 25.6 Å². The van der Waals surface area contributed by atoms with E-state index in [1.165, 1.54) is 0 Å². The fourth-order valence-corrected chi connectivity index (χ4v) is 3.43. The van der Waals surface area contributed by atoms with E-state index in [1.54, 1.807) is 0 Å². The van der Waals surface area contributed by atoms with Crippen LogP contribution in [0.4, 0.5) is 5.82 Å². The van der Waals surface area contributed by atoms with Crippen LogP contribution in [0, 0.1) is 0 Å². The van der Waals surface area contributed by atoms with Gasteiger partial charge < -0.3 is 4.90 Å². The molecule has 0 aliphatic carbocycles. The molecule has 0 N–H and O–H groups in total. The second kappa shape index (κ2) is 5.67. The van der Waals surface area contributed by atoms with Crippen LogP contribution in [0.15, 0.2) is 12.1 Å². The van der Waals surface area contributed by atoms with Crippen molar-refractivity contribution in [2.75, 3.05) is 29.5 Å². The molecular formula is C13H19ClN2O2S. The van der Waals surface area contributed by atoms with Gasteiger partial charge in [-0.25, -0.2) is 13.4 Å². The van der Waals surface area contributed by atoms with E-state index in [0.717, 1.165) is 17.1 Å². The summed E-state index contributed by atoms with van der Waals surface area (Å²) in [5, 5.41) is 0. The molecule has 106 valence electrons. The first-order chi connectivity index (χ1) is 8.91. The lowest BCUT2D eigenvalue weighted by atomic mass is 10.1. The second-order valence-corrected chi connectivity index (χ2v) is 7.76. The smallest absolute Gasteiger partial charge is 0.153 e. The number of anilines is 1. The maximum atomic E-state index is 11.5. The fourth-order valence-electron chi connectivity index (χ4n) is 2.07. The van der Waals surface area contributed by atoms with E-state index >= 15 is 0 Å². The van der Waals surface area contributed by atoms with Crippen molar-refractivity contribution < 1.29 is 8.42 Å². The van der Waals surface area contributed by atoms with E-state index in [0.29, 0.717) is 24.9 Å². The van der Waals surface area contributed by atoms with Gasteiger partial charge in [0.2, 0.25) is 0 Å². The minimum absolute atomic E-state index is 0.205. The molecule has 2 heterocycles. The van der Waals surface area contributed by atoms with Crippen molar-refractivity contribution in [3.8, 4) is 0 Å². The van der Waals surface area contributed by atoms with E-state index in [2.05, 4.69) is 18.8 Å². The summed E-state index contributed by atoms with van der Waals surface area (Å²) in [5.41, 5.74) is 2.03. The number of nitrogens with zero attached hydrogens (tertiary/aromatic N) is 2. The average molecular weight is 303 g/mol. The van der Waals surface area contributed by atoms with Crippen molar-refractivity contribution in [3.05, 3.63) is 23.4 Å². The first-order valence-electron chi connectivity index (χ1n) is 6.43. The molecule has 6 heteroatoms. The van der Waals surface area contributed by atoms with E-state index in [-0.39, 0.29) is 11.5 Å². The summed E-state index contributed by atoms with van der Waals surface area (Å²) in [7, 11) is -2.86. The van der Waals surface area contributed by atoms with Crippen molar-refractivity contribution in [2.24, 2.45) is 0 Å². The second-order valence-electron chi connectivity index (χ2n) is 5.19. The molecular weight excluding hydrogens is 284 g/mol. The largest absolute Gasteiger partial charge is 0.355 e. The Morgan fingerprint density at radius 1 is 1.32 bits per heavy atom. The Labute approximate surface area is 119 Å². The van der Waals surface area contributed by atoms with Crippen LogP contribution in [0.1, 0.15) is 31.0 Å². The van der Waals surface area contributed by atoms with Gasteiger partial charge in [-0.1, -0.05) is 13.8 Å². The highest BCUT2D eigenvalue weighted by Gasteiger charge is 2.23. The molecule has 19 heavy (non-hydrogen) atoms. The Morgan fingerprint density at radius 2 is 1.95 bits per heavy atom. The van der Waals surface area contributed by atoms with Crippen LogP contribution in [0.3, 0.4) is 0 Å². The quantitative estimate of drug-likeness (QED) is 0.803. The maximum Gasteiger partial charge on any atom is 0.153 e. The maximum absolute atomic E-state index is 11.5. The first-order valence-corrected chi connectivity index (χ1v) is 8.79. The summed E-state index contributed by atoms with van der Waals surface area (Å²) in [6.45, 7) is 5.20. The molecule has 0 aromatic carbocycles. The average Bonchev–Trinajstić information content (AvgIpc) is 2.38. The predicted molar refractivity (Wildman–Crippen MR) is 78.7 cm³/mol. The Bertz CT molecular complexity index is 544. The van der Waals surface area contributed by atoms with Crippen molar-refractivity contribution in [1.29, 1.82) is 0 Å². The number of rotatable bonds is 3. The van der Waals surface area contributed by atoms with Gasteiger partial charge in [-0.2, -0.15) is 0 Å². The van der Waals surface area contributed by atoms with Gasteiger partial charge in [0.25, 0.3) is 0 Å². The number of hydrogen-bond donors (Lipinski definition) is 0. The van der Waals surface area contributed by atoms with Crippen LogP contribution in [0.2, 0.25) is 0 Å². The SMILES string of the molecule is CC(C)c1cc(CCl)cc(N2CCS(=O)(=O)CC2)n1. The lowest BCUT2D eigenvalue weighted by Gasteiger charge is -2.28. The third-order valence-corrected chi connectivity index (χ3v) is 5.22. The first kappa shape index (κ1) is 14.6. The van der Waals surface area contributed by atoms with E-state index in [4.69, 9.17) is 11.6 Å². The Balaban J connectivity index is 2.27. The fraction of sp³-hybridized carbons (Fsp3) is 0.615. The van der Waals surface area contributed by atoms with Crippen LogP contribution in [-0.2, 0) is 15.7 Å². The zero-order chi connectivity index (χ0) is 14.0. The molecule has 0 unspecified atom stereocenters. The highest BCUT2D eigenvalue weighted by molar-refractivity contribution is 7.91. The summed E-state index contributed by atoms with van der Waals surface area (Å²) in [4.78, 5) is 6.66. The number of halogens is 1. The normalized spacial score (nSPS) is 18.8. The highest BCUT2D eigenvalue weighted by Crippen LogP contribution is 2.22. The lowest BCUT2D eigenvalue weighted by molar-refractivity contribution is 0.586. The van der Waals surface area contributed by atoms with E-state index in [9.17, 15) is 8.42 Å². The number of pyridine rings is 1. The zero-order valence-electron chi connectivity index (χ0n) is 11.3. The van der Waals surface area contributed by atoms with Crippen molar-refractivity contribution in [3.63, 3.8) is 0 Å². The van der Waals surface area contributed by atoms with Gasteiger partial charge in [0.05, 0.1) is 11.5 Å². The number of hydrogen-bond acceptors (Lipinski definition) is 4. The molecule has 2 rings (SSSR count). The molecule has 0 bridgehead atoms. The Kier molecular flexibility index (Phi) is 4.36. The Hall–Kier alpha value is -0.810. The minimum Gasteiger partial charge on any atom is -0.355 e. The summed E-state index contributed by atoms with van der Waals surface area (Å²) >= 11 is 5.92. The third-order valence-electron chi connectivity index (χ3n) is 3.31. The summed E-state index contributed by atoms with van der Waals surface area (Å²) in [6, 6.07) is 3.97. The monoisotopic (exact) mass is 302 g/mol. The number of sulfone groups is 1. The van der Waals surface area contributed by atoms with Gasteiger partial charge in [0.15, 0.2) is 9.84 Å². The zero-order valence-corrected chi connectivity index (χ0v) is 12.8. The van der Waals surface area contributed by atoms with Gasteiger partial charge in [-0.3, -0.25) is 0 Å². The van der Waals surface area contributed by atoms with Gasteiger partial charge in [0.1, 0.15) is 5.82 Å². The summed E-state index contributed by atoms with van der Waals surface area (Å²) in [5.74, 6) is 2.03. The van der Waals surface area contributed by atoms with E-state index < -0.39 is 9.84 Å². The van der Waals surface area contributed by atoms with Crippen LogP contribution in [0.25, 0.3) is 0 Å². The molecule has 0 amide bonds. The van der Waals surface area contributed by atoms with Crippen LogP contribution in [-0.4, -0.2) is 38.0 Å². The van der Waals surface area contributed by atoms with Crippen molar-refractivity contribution >= 4 is 27.3 Å². The molecule has 1 aliphatic heterocycles. The van der Waals surface area contributed by atoms with Crippen LogP contribution >= 0.6 is 11.6 Å². The molecule has 1 fully saturated rings. The molecule has 4 nitrogen and oxygen atoms in total. The molecule has 0 atom stereocenters. The summed E-state index contributed by atoms with van der Waals surface area (Å²) < 4.78 is 22.9. The van der Waals surface area contributed by atoms with Crippen molar-refractivity contribution in [1.82, 2.24) is 4.98 Å². The van der Waals surface area contributed by atoms with E-state index in [1.807, 2.05) is 17.0 Å². The van der Waals surface area contributed by atoms with Gasteiger partial charge in [-0.05, 0) is 23.6 Å². The standard InChI is InChI=1S/C13H19ClN2O2S/c1-10(2)12-7-11(9-14)8-13(15-12)16-3-5-19(17,18)6-4-16/h7-8,10H,3-6,9H2,1-2H3. The number of aromatic nitrogens is 1. The molecule has 1 aliphatic rings. The van der Waals surface area contributed by atoms with Gasteiger partial charge in [0, 0.05) is 24.7 Å². The van der Waals surface area contributed by atoms with Gasteiger partial charge in [-0.15, -0.1) is 11.6 Å². The topological polar surface area (TPSA) is 50.3 Å². The molecule has 0 radical (unpaired) electrons. The van der Waals surface area contributed by atoms with Crippen LogP contribution < -0.4 is 4.90 Å². The predicted octanol–water partition coefficient (Wildman–Crippen LogP) is 2.18. The molecule has 0 spiro atoms. The van der Waals surface area contributed by atoms with Gasteiger partial charge >= 0.3 is 0 Å². The third kappa shape index (κ3) is 3.60. The molecule has 1 aromatic heterocycles. The highest BCUT2D eigenvalue weighted by atomic mass is 35.5. The number of alkyl halides is 1. The minimum atomic E-state index is -2.86. The lowest BCUT2D eigenvalue weighted by Crippen LogP contribution is -2.40. The Morgan fingerprint density at radius 3 is 2.47 bits per heavy atom. The van der Waals surface area contributed by atoms with Crippen LogP contribution in [0.5, 0.6) is 0 Å².